The van der Waals surface area contributed by atoms with Crippen LogP contribution in [0, 0.1) is 0 Å². The summed E-state index contributed by atoms with van der Waals surface area (Å²) in [5.74, 6) is 0.953. The lowest BCUT2D eigenvalue weighted by Gasteiger charge is -2.24. The summed E-state index contributed by atoms with van der Waals surface area (Å²) in [6, 6.07) is 0.597. The molecule has 1 saturated carbocycles. The minimum atomic E-state index is 0. The van der Waals surface area contributed by atoms with Crippen molar-refractivity contribution in [2.75, 3.05) is 13.1 Å². The Balaban J connectivity index is 0.00000200. The van der Waals surface area contributed by atoms with Gasteiger partial charge in [0.05, 0.1) is 12.9 Å². The van der Waals surface area contributed by atoms with Crippen molar-refractivity contribution < 1.29 is 0 Å². The highest BCUT2D eigenvalue weighted by atomic mass is 127. The van der Waals surface area contributed by atoms with Crippen molar-refractivity contribution in [2.24, 2.45) is 4.99 Å². The van der Waals surface area contributed by atoms with Crippen LogP contribution >= 0.6 is 24.0 Å². The Morgan fingerprint density at radius 2 is 2.15 bits per heavy atom. The normalized spacial score (nSPS) is 16.6. The largest absolute Gasteiger partial charge is 0.357 e. The molecule has 0 bridgehead atoms. The van der Waals surface area contributed by atoms with Crippen LogP contribution in [-0.4, -0.2) is 34.6 Å². The third-order valence-electron chi connectivity index (χ3n) is 3.48. The zero-order valence-electron chi connectivity index (χ0n) is 12.2. The number of guanidine groups is 1. The van der Waals surface area contributed by atoms with E-state index in [1.807, 2.05) is 17.1 Å². The smallest absolute Gasteiger partial charge is 0.191 e. The van der Waals surface area contributed by atoms with E-state index in [9.17, 15) is 0 Å². The Labute approximate surface area is 138 Å². The Morgan fingerprint density at radius 3 is 2.80 bits per heavy atom. The molecule has 114 valence electrons. The predicted molar refractivity (Wildman–Crippen MR) is 93.6 cm³/mol. The van der Waals surface area contributed by atoms with Gasteiger partial charge in [0.1, 0.15) is 0 Å². The molecule has 1 aromatic rings. The van der Waals surface area contributed by atoms with Gasteiger partial charge < -0.3 is 15.2 Å². The highest BCUT2D eigenvalue weighted by molar-refractivity contribution is 14.0. The number of rotatable bonds is 5. The van der Waals surface area contributed by atoms with Gasteiger partial charge in [-0.25, -0.2) is 4.98 Å². The van der Waals surface area contributed by atoms with Crippen LogP contribution in [0.4, 0.5) is 0 Å². The number of halogens is 1. The molecule has 0 aromatic carbocycles. The number of aromatic nitrogens is 2. The van der Waals surface area contributed by atoms with Crippen LogP contribution in [0.5, 0.6) is 0 Å². The molecule has 0 spiro atoms. The molecule has 0 saturated heterocycles. The molecule has 20 heavy (non-hydrogen) atoms. The molecule has 0 unspecified atom stereocenters. The molecule has 1 aliphatic carbocycles. The van der Waals surface area contributed by atoms with Crippen molar-refractivity contribution in [3.63, 3.8) is 0 Å². The van der Waals surface area contributed by atoms with E-state index in [2.05, 4.69) is 27.5 Å². The van der Waals surface area contributed by atoms with Crippen LogP contribution in [0.1, 0.15) is 39.0 Å². The molecule has 2 N–H and O–H groups in total. The second-order valence-electron chi connectivity index (χ2n) is 5.04. The molecule has 2 rings (SSSR count). The van der Waals surface area contributed by atoms with Crippen molar-refractivity contribution in [3.8, 4) is 0 Å². The number of hydrogen-bond acceptors (Lipinski definition) is 2. The Morgan fingerprint density at radius 1 is 1.35 bits per heavy atom. The highest BCUT2D eigenvalue weighted by Gasteiger charge is 2.14. The third-order valence-corrected chi connectivity index (χ3v) is 3.48. The molecule has 0 aliphatic heterocycles. The van der Waals surface area contributed by atoms with Gasteiger partial charge in [-0.3, -0.25) is 4.99 Å². The van der Waals surface area contributed by atoms with E-state index in [-0.39, 0.29) is 24.0 Å². The SMILES string of the molecule is CCNC(=NCCn1ccnc1)NC1CCCCC1.I. The summed E-state index contributed by atoms with van der Waals surface area (Å²) < 4.78 is 2.05. The minimum absolute atomic E-state index is 0. The standard InChI is InChI=1S/C14H25N5.HI/c1-2-16-14(18-13-6-4-3-5-7-13)17-9-11-19-10-8-15-12-19;/h8,10,12-13H,2-7,9,11H2,1H3,(H2,16,17,18);1H. The number of imidazole rings is 1. The number of nitrogens with zero attached hydrogens (tertiary/aromatic N) is 3. The molecule has 0 atom stereocenters. The predicted octanol–water partition coefficient (Wildman–Crippen LogP) is 2.39. The van der Waals surface area contributed by atoms with E-state index in [4.69, 9.17) is 0 Å². The van der Waals surface area contributed by atoms with Crippen molar-refractivity contribution in [3.05, 3.63) is 18.7 Å². The van der Waals surface area contributed by atoms with Gasteiger partial charge in [0, 0.05) is 31.5 Å². The molecule has 5 nitrogen and oxygen atoms in total. The van der Waals surface area contributed by atoms with E-state index in [0.717, 1.165) is 25.6 Å². The summed E-state index contributed by atoms with van der Waals surface area (Å²) in [7, 11) is 0. The summed E-state index contributed by atoms with van der Waals surface area (Å²) >= 11 is 0. The van der Waals surface area contributed by atoms with Gasteiger partial charge in [-0.05, 0) is 19.8 Å². The van der Waals surface area contributed by atoms with Gasteiger partial charge >= 0.3 is 0 Å². The molecular formula is C14H26IN5. The van der Waals surface area contributed by atoms with Crippen LogP contribution in [0.3, 0.4) is 0 Å². The van der Waals surface area contributed by atoms with Gasteiger partial charge in [-0.15, -0.1) is 24.0 Å². The van der Waals surface area contributed by atoms with Crippen molar-refractivity contribution in [2.45, 2.75) is 51.6 Å². The lowest BCUT2D eigenvalue weighted by Crippen LogP contribution is -2.44. The van der Waals surface area contributed by atoms with Gasteiger partial charge in [0.15, 0.2) is 5.96 Å². The van der Waals surface area contributed by atoms with Gasteiger partial charge in [-0.1, -0.05) is 19.3 Å². The minimum Gasteiger partial charge on any atom is -0.357 e. The van der Waals surface area contributed by atoms with E-state index in [1.54, 1.807) is 6.20 Å². The summed E-state index contributed by atoms with van der Waals surface area (Å²) in [6.45, 7) is 4.66. The first kappa shape index (κ1) is 17.3. The topological polar surface area (TPSA) is 54.2 Å². The maximum absolute atomic E-state index is 4.63. The lowest BCUT2D eigenvalue weighted by molar-refractivity contribution is 0.410. The highest BCUT2D eigenvalue weighted by Crippen LogP contribution is 2.17. The summed E-state index contributed by atoms with van der Waals surface area (Å²) in [6.07, 6.45) is 12.2. The average Bonchev–Trinajstić information content (AvgIpc) is 2.93. The quantitative estimate of drug-likeness (QED) is 0.461. The third kappa shape index (κ3) is 6.11. The number of aliphatic imine (C=N–C) groups is 1. The molecule has 1 aromatic heterocycles. The maximum Gasteiger partial charge on any atom is 0.191 e. The second kappa shape index (κ2) is 10.0. The monoisotopic (exact) mass is 391 g/mol. The molecule has 1 heterocycles. The van der Waals surface area contributed by atoms with Crippen LogP contribution in [0.2, 0.25) is 0 Å². The lowest BCUT2D eigenvalue weighted by atomic mass is 9.96. The molecule has 6 heteroatoms. The molecular weight excluding hydrogens is 365 g/mol. The van der Waals surface area contributed by atoms with Crippen molar-refractivity contribution in [1.82, 2.24) is 20.2 Å². The first-order valence-corrected chi connectivity index (χ1v) is 7.39. The van der Waals surface area contributed by atoms with E-state index < -0.39 is 0 Å². The Kier molecular flexibility index (Phi) is 8.64. The molecule has 1 fully saturated rings. The zero-order chi connectivity index (χ0) is 13.3. The van der Waals surface area contributed by atoms with Crippen molar-refractivity contribution >= 4 is 29.9 Å². The van der Waals surface area contributed by atoms with Crippen LogP contribution in [-0.2, 0) is 6.54 Å². The summed E-state index contributed by atoms with van der Waals surface area (Å²) in [5.41, 5.74) is 0. The van der Waals surface area contributed by atoms with Crippen LogP contribution < -0.4 is 10.6 Å². The van der Waals surface area contributed by atoms with Crippen LogP contribution in [0.15, 0.2) is 23.7 Å². The van der Waals surface area contributed by atoms with Crippen LogP contribution in [0.25, 0.3) is 0 Å². The fourth-order valence-corrected chi connectivity index (χ4v) is 2.46. The molecule has 0 radical (unpaired) electrons. The van der Waals surface area contributed by atoms with E-state index in [0.29, 0.717) is 6.04 Å². The summed E-state index contributed by atoms with van der Waals surface area (Å²) in [4.78, 5) is 8.66. The zero-order valence-corrected chi connectivity index (χ0v) is 14.5. The van der Waals surface area contributed by atoms with E-state index >= 15 is 0 Å². The number of hydrogen-bond donors (Lipinski definition) is 2. The first-order chi connectivity index (χ1) is 9.38. The fourth-order valence-electron chi connectivity index (χ4n) is 2.46. The average molecular weight is 391 g/mol. The Bertz CT molecular complexity index is 371. The van der Waals surface area contributed by atoms with Gasteiger partial charge in [0.2, 0.25) is 0 Å². The fraction of sp³-hybridized carbons (Fsp3) is 0.714. The van der Waals surface area contributed by atoms with E-state index in [1.165, 1.54) is 32.1 Å². The Hall–Kier alpha value is -0.790. The second-order valence-corrected chi connectivity index (χ2v) is 5.04. The van der Waals surface area contributed by atoms with Gasteiger partial charge in [-0.2, -0.15) is 0 Å². The molecule has 0 amide bonds. The maximum atomic E-state index is 4.63. The summed E-state index contributed by atoms with van der Waals surface area (Å²) in [5, 5.41) is 6.87. The van der Waals surface area contributed by atoms with Crippen molar-refractivity contribution in [1.29, 1.82) is 0 Å². The first-order valence-electron chi connectivity index (χ1n) is 7.39. The van der Waals surface area contributed by atoms with Gasteiger partial charge in [0.25, 0.3) is 0 Å². The molecule has 1 aliphatic rings. The number of nitrogens with one attached hydrogen (secondary N) is 2.